The van der Waals surface area contributed by atoms with E-state index in [0.29, 0.717) is 36.6 Å². The van der Waals surface area contributed by atoms with Crippen molar-refractivity contribution in [3.05, 3.63) is 63.8 Å². The summed E-state index contributed by atoms with van der Waals surface area (Å²) in [5.41, 5.74) is 2.74. The highest BCUT2D eigenvalue weighted by Gasteiger charge is 2.63. The molecule has 0 saturated carbocycles. The van der Waals surface area contributed by atoms with Crippen molar-refractivity contribution in [1.29, 1.82) is 0 Å². The Bertz CT molecular complexity index is 1570. The molecule has 6 rings (SSSR count). The SMILES string of the molecule is CN(C)[C@H]1C(O)=C(C(N)=O)C(=O)[C@]2(O)C(O)=C3C(=O)c4c(O)ccc(-c5ccc(CN6CCOCC6)o5)c4C[C@H]3C[C@@H]12. The molecule has 0 bridgehead atoms. The first-order valence-electron chi connectivity index (χ1n) is 13.8. The lowest BCUT2D eigenvalue weighted by molar-refractivity contribution is -0.148. The summed E-state index contributed by atoms with van der Waals surface area (Å²) in [6.07, 6.45) is 0.194. The number of likely N-dealkylation sites (N-methyl/N-ethyl adjacent to an activating group) is 1. The molecular formula is C30H33N3O9. The number of furan rings is 1. The van der Waals surface area contributed by atoms with Crippen molar-refractivity contribution in [3.63, 3.8) is 0 Å². The Hall–Kier alpha value is -3.97. The molecule has 1 amide bonds. The Balaban J connectivity index is 1.43. The van der Waals surface area contributed by atoms with Crippen LogP contribution in [0.2, 0.25) is 0 Å². The highest BCUT2D eigenvalue weighted by atomic mass is 16.5. The third kappa shape index (κ3) is 4.09. The molecule has 4 aliphatic rings. The molecule has 1 aliphatic heterocycles. The molecular weight excluding hydrogens is 546 g/mol. The quantitative estimate of drug-likeness (QED) is 0.321. The van der Waals surface area contributed by atoms with Gasteiger partial charge in [-0.25, -0.2) is 0 Å². The minimum absolute atomic E-state index is 0.0152. The Morgan fingerprint density at radius 3 is 2.50 bits per heavy atom. The molecule has 2 aromatic rings. The number of aliphatic hydroxyl groups excluding tert-OH is 2. The van der Waals surface area contributed by atoms with Gasteiger partial charge in [-0.1, -0.05) is 0 Å². The van der Waals surface area contributed by atoms with Crippen molar-refractivity contribution < 1.29 is 44.0 Å². The van der Waals surface area contributed by atoms with E-state index < -0.39 is 58.0 Å². The number of Topliss-reactive ketones (excluding diaryl/α,β-unsaturated/α-hetero) is 2. The van der Waals surface area contributed by atoms with Gasteiger partial charge in [0.05, 0.1) is 31.4 Å². The van der Waals surface area contributed by atoms with Crippen LogP contribution in [0, 0.1) is 11.8 Å². The van der Waals surface area contributed by atoms with Gasteiger partial charge in [-0.05, 0) is 62.7 Å². The zero-order valence-corrected chi connectivity index (χ0v) is 23.3. The van der Waals surface area contributed by atoms with Gasteiger partial charge in [0, 0.05) is 30.1 Å². The van der Waals surface area contributed by atoms with Crippen LogP contribution in [0.15, 0.2) is 51.3 Å². The van der Waals surface area contributed by atoms with E-state index in [0.717, 1.165) is 18.8 Å². The standard InChI is InChI=1S/C30H33N3O9/c1-32(2)24-18-12-14-11-17-16(20-6-3-15(42-20)13-33-7-9-41-10-8-33)4-5-19(34)22(17)25(35)21(14)27(37)30(18,40)28(38)23(26(24)36)29(31)39/h3-6,14,18,24,34,36-37,40H,7-13H2,1-2H3,(H2,31,39)/t14-,18-,24+,30+/m0/s1. The van der Waals surface area contributed by atoms with Crippen LogP contribution < -0.4 is 5.73 Å². The lowest BCUT2D eigenvalue weighted by Crippen LogP contribution is -2.63. The topological polar surface area (TPSA) is 187 Å². The number of nitrogens with zero attached hydrogens (tertiary/aromatic N) is 2. The van der Waals surface area contributed by atoms with Crippen molar-refractivity contribution in [2.45, 2.75) is 31.0 Å². The number of carbonyl (C=O) groups is 3. The van der Waals surface area contributed by atoms with Crippen LogP contribution in [0.5, 0.6) is 5.75 Å². The molecule has 222 valence electrons. The number of fused-ring (bicyclic) bond motifs is 3. The predicted molar refractivity (Wildman–Crippen MR) is 147 cm³/mol. The van der Waals surface area contributed by atoms with E-state index in [-0.39, 0.29) is 29.7 Å². The first-order chi connectivity index (χ1) is 19.9. The smallest absolute Gasteiger partial charge is 0.255 e. The fourth-order valence-corrected chi connectivity index (χ4v) is 7.07. The molecule has 6 N–H and O–H groups in total. The van der Waals surface area contributed by atoms with Crippen molar-refractivity contribution in [2.75, 3.05) is 40.4 Å². The van der Waals surface area contributed by atoms with Crippen LogP contribution in [-0.4, -0.2) is 99.7 Å². The lowest BCUT2D eigenvalue weighted by Gasteiger charge is -2.50. The fraction of sp³-hybridized carbons (Fsp3) is 0.433. The van der Waals surface area contributed by atoms with Crippen LogP contribution in [-0.2, 0) is 27.3 Å². The molecule has 4 atom stereocenters. The van der Waals surface area contributed by atoms with Gasteiger partial charge in [0.1, 0.15) is 34.4 Å². The Kier molecular flexibility index (Phi) is 6.76. The molecule has 42 heavy (non-hydrogen) atoms. The average Bonchev–Trinajstić information content (AvgIpc) is 3.39. The van der Waals surface area contributed by atoms with E-state index in [1.165, 1.54) is 11.0 Å². The number of rotatable bonds is 5. The Morgan fingerprint density at radius 1 is 1.12 bits per heavy atom. The van der Waals surface area contributed by atoms with Crippen LogP contribution in [0.4, 0.5) is 0 Å². The molecule has 12 nitrogen and oxygen atoms in total. The molecule has 0 unspecified atom stereocenters. The van der Waals surface area contributed by atoms with E-state index in [4.69, 9.17) is 14.9 Å². The van der Waals surface area contributed by atoms with Gasteiger partial charge >= 0.3 is 0 Å². The maximum Gasteiger partial charge on any atom is 0.255 e. The summed E-state index contributed by atoms with van der Waals surface area (Å²) in [6, 6.07) is 5.67. The van der Waals surface area contributed by atoms with Crippen molar-refractivity contribution in [3.8, 4) is 17.1 Å². The summed E-state index contributed by atoms with van der Waals surface area (Å²) in [4.78, 5) is 43.2. The monoisotopic (exact) mass is 579 g/mol. The lowest BCUT2D eigenvalue weighted by atomic mass is 9.58. The van der Waals surface area contributed by atoms with E-state index >= 15 is 0 Å². The van der Waals surface area contributed by atoms with Crippen LogP contribution in [0.1, 0.15) is 28.1 Å². The first kappa shape index (κ1) is 28.2. The molecule has 2 heterocycles. The van der Waals surface area contributed by atoms with E-state index in [9.17, 15) is 34.8 Å². The van der Waals surface area contributed by atoms with Crippen molar-refractivity contribution in [2.24, 2.45) is 17.6 Å². The second-order valence-electron chi connectivity index (χ2n) is 11.6. The zero-order valence-electron chi connectivity index (χ0n) is 23.3. The third-order valence-electron chi connectivity index (χ3n) is 9.02. The van der Waals surface area contributed by atoms with E-state index in [2.05, 4.69) is 4.90 Å². The highest BCUT2D eigenvalue weighted by Crippen LogP contribution is 2.53. The molecule has 12 heteroatoms. The molecule has 3 aliphatic carbocycles. The van der Waals surface area contributed by atoms with Crippen LogP contribution in [0.3, 0.4) is 0 Å². The minimum Gasteiger partial charge on any atom is -0.510 e. The summed E-state index contributed by atoms with van der Waals surface area (Å²) < 4.78 is 11.6. The molecule has 1 fully saturated rings. The number of phenolic OH excluding ortho intramolecular Hbond substituents is 1. The number of carbonyl (C=O) groups excluding carboxylic acids is 3. The summed E-state index contributed by atoms with van der Waals surface area (Å²) >= 11 is 0. The Labute approximate surface area is 241 Å². The normalized spacial score (nSPS) is 28.1. The van der Waals surface area contributed by atoms with Crippen molar-refractivity contribution in [1.82, 2.24) is 9.80 Å². The number of hydrogen-bond donors (Lipinski definition) is 5. The number of amides is 1. The summed E-state index contributed by atoms with van der Waals surface area (Å²) in [6.45, 7) is 3.47. The molecule has 0 spiro atoms. The fourth-order valence-electron chi connectivity index (χ4n) is 7.07. The largest absolute Gasteiger partial charge is 0.510 e. The maximum atomic E-state index is 13.9. The number of ketones is 2. The third-order valence-corrected chi connectivity index (χ3v) is 9.02. The van der Waals surface area contributed by atoms with Gasteiger partial charge in [-0.2, -0.15) is 0 Å². The van der Waals surface area contributed by atoms with Crippen LogP contribution >= 0.6 is 0 Å². The number of benzene rings is 1. The molecule has 1 aromatic heterocycles. The average molecular weight is 580 g/mol. The summed E-state index contributed by atoms with van der Waals surface area (Å²) in [5, 5.41) is 44.9. The number of aliphatic hydroxyl groups is 3. The predicted octanol–water partition coefficient (Wildman–Crippen LogP) is 1.21. The van der Waals surface area contributed by atoms with Gasteiger partial charge < -0.3 is 35.3 Å². The van der Waals surface area contributed by atoms with Gasteiger partial charge in [0.15, 0.2) is 11.4 Å². The Morgan fingerprint density at radius 2 is 1.83 bits per heavy atom. The molecule has 0 radical (unpaired) electrons. The number of aromatic hydroxyl groups is 1. The van der Waals surface area contributed by atoms with Gasteiger partial charge in [0.25, 0.3) is 5.91 Å². The van der Waals surface area contributed by atoms with E-state index in [1.54, 1.807) is 20.2 Å². The zero-order chi connectivity index (χ0) is 30.1. The number of primary amides is 1. The maximum absolute atomic E-state index is 13.9. The van der Waals surface area contributed by atoms with Gasteiger partial charge in [0.2, 0.25) is 5.78 Å². The molecule has 1 aromatic carbocycles. The number of nitrogens with two attached hydrogens (primary N) is 1. The summed E-state index contributed by atoms with van der Waals surface area (Å²) in [5.74, 6) is -5.58. The van der Waals surface area contributed by atoms with Gasteiger partial charge in [-0.3, -0.25) is 24.2 Å². The highest BCUT2D eigenvalue weighted by molar-refractivity contribution is 6.24. The number of morpholine rings is 1. The van der Waals surface area contributed by atoms with Gasteiger partial charge in [-0.15, -0.1) is 0 Å². The number of phenols is 1. The minimum atomic E-state index is -2.67. The second-order valence-corrected chi connectivity index (χ2v) is 11.6. The summed E-state index contributed by atoms with van der Waals surface area (Å²) in [7, 11) is 3.18. The number of hydrogen-bond acceptors (Lipinski definition) is 11. The van der Waals surface area contributed by atoms with Crippen molar-refractivity contribution >= 4 is 17.5 Å². The number of ether oxygens (including phenoxy) is 1. The number of allylic oxidation sites excluding steroid dienone is 1. The second kappa shape index (κ2) is 10.1. The first-order valence-corrected chi connectivity index (χ1v) is 13.8. The van der Waals surface area contributed by atoms with E-state index in [1.807, 2.05) is 12.1 Å². The molecule has 1 saturated heterocycles. The van der Waals surface area contributed by atoms with Crippen LogP contribution in [0.25, 0.3) is 11.3 Å².